The summed E-state index contributed by atoms with van der Waals surface area (Å²) in [6, 6.07) is 10.7. The van der Waals surface area contributed by atoms with Gasteiger partial charge in [-0.05, 0) is 36.7 Å². The fourth-order valence-electron chi connectivity index (χ4n) is 2.87. The van der Waals surface area contributed by atoms with Gasteiger partial charge in [0, 0.05) is 17.7 Å². The molecule has 2 aromatic carbocycles. The first-order valence-electron chi connectivity index (χ1n) is 8.51. The van der Waals surface area contributed by atoms with E-state index in [4.69, 9.17) is 14.2 Å². The van der Waals surface area contributed by atoms with Gasteiger partial charge in [0.2, 0.25) is 0 Å². The van der Waals surface area contributed by atoms with Crippen molar-refractivity contribution in [3.8, 4) is 17.2 Å². The van der Waals surface area contributed by atoms with Gasteiger partial charge in [0.15, 0.2) is 0 Å². The molecule has 0 aromatic heterocycles. The molecule has 0 aliphatic rings. The molecule has 0 aliphatic heterocycles. The maximum atomic E-state index is 12.7. The largest absolute Gasteiger partial charge is 0.496 e. The molecule has 4 nitrogen and oxygen atoms in total. The predicted molar refractivity (Wildman–Crippen MR) is 97.7 cm³/mol. The Labute approximate surface area is 157 Å². The lowest BCUT2D eigenvalue weighted by Gasteiger charge is -2.16. The molecule has 0 saturated heterocycles. The third-order valence-corrected chi connectivity index (χ3v) is 4.15. The van der Waals surface area contributed by atoms with E-state index in [1.807, 2.05) is 24.3 Å². The summed E-state index contributed by atoms with van der Waals surface area (Å²) in [6.45, 7) is 1.24. The maximum Gasteiger partial charge on any atom is 0.393 e. The Bertz CT molecular complexity index is 748. The van der Waals surface area contributed by atoms with E-state index in [9.17, 15) is 13.2 Å². The average Bonchev–Trinajstić information content (AvgIpc) is 2.64. The summed E-state index contributed by atoms with van der Waals surface area (Å²) in [5.41, 5.74) is 1.88. The van der Waals surface area contributed by atoms with Crippen LogP contribution in [0, 0.1) is 0 Å². The summed E-state index contributed by atoms with van der Waals surface area (Å²) in [4.78, 5) is 0. The quantitative estimate of drug-likeness (QED) is 0.661. The highest BCUT2D eigenvalue weighted by molar-refractivity contribution is 5.47. The summed E-state index contributed by atoms with van der Waals surface area (Å²) in [6.07, 6.45) is -4.78. The Morgan fingerprint density at radius 1 is 0.815 bits per heavy atom. The molecular weight excluding hydrogens is 359 g/mol. The minimum atomic E-state index is -4.31. The molecule has 148 valence electrons. The Hall–Kier alpha value is -2.41. The van der Waals surface area contributed by atoms with E-state index >= 15 is 0 Å². The normalized spacial score (nSPS) is 11.3. The standard InChI is InChI=1S/C20H24F3NO3/c1-25-17-7-5-4-6-15(17)13-24-9-8-14-10-19(27-3)16(11-18(14)26-2)12-20(21,22)23/h4-7,10-11,24H,8-9,12-13H2,1-3H3. The van der Waals surface area contributed by atoms with Gasteiger partial charge < -0.3 is 19.5 Å². The zero-order valence-corrected chi connectivity index (χ0v) is 15.7. The van der Waals surface area contributed by atoms with Gasteiger partial charge in [0.05, 0.1) is 27.8 Å². The fraction of sp³-hybridized carbons (Fsp3) is 0.400. The zero-order chi connectivity index (χ0) is 19.9. The van der Waals surface area contributed by atoms with Crippen LogP contribution in [0.3, 0.4) is 0 Å². The maximum absolute atomic E-state index is 12.7. The molecule has 0 saturated carbocycles. The van der Waals surface area contributed by atoms with E-state index in [0.29, 0.717) is 25.3 Å². The molecule has 0 fully saturated rings. The first-order chi connectivity index (χ1) is 12.9. The van der Waals surface area contributed by atoms with Crippen LogP contribution in [0.4, 0.5) is 13.2 Å². The van der Waals surface area contributed by atoms with Crippen LogP contribution in [0.2, 0.25) is 0 Å². The number of rotatable bonds is 9. The van der Waals surface area contributed by atoms with Crippen LogP contribution in [0.25, 0.3) is 0 Å². The molecule has 27 heavy (non-hydrogen) atoms. The minimum absolute atomic E-state index is 0.0626. The number of halogens is 3. The van der Waals surface area contributed by atoms with Crippen LogP contribution < -0.4 is 19.5 Å². The van der Waals surface area contributed by atoms with Crippen LogP contribution >= 0.6 is 0 Å². The summed E-state index contributed by atoms with van der Waals surface area (Å²) in [5, 5.41) is 3.31. The van der Waals surface area contributed by atoms with Crippen molar-refractivity contribution in [3.63, 3.8) is 0 Å². The Kier molecular flexibility index (Phi) is 7.36. The third kappa shape index (κ3) is 6.06. The molecule has 0 unspecified atom stereocenters. The molecule has 0 heterocycles. The monoisotopic (exact) mass is 383 g/mol. The minimum Gasteiger partial charge on any atom is -0.496 e. The molecule has 0 bridgehead atoms. The molecule has 0 radical (unpaired) electrons. The van der Waals surface area contributed by atoms with Crippen molar-refractivity contribution in [2.75, 3.05) is 27.9 Å². The number of nitrogens with one attached hydrogen (secondary N) is 1. The van der Waals surface area contributed by atoms with Gasteiger partial charge in [-0.2, -0.15) is 13.2 Å². The van der Waals surface area contributed by atoms with Gasteiger partial charge in [-0.1, -0.05) is 18.2 Å². The van der Waals surface area contributed by atoms with E-state index in [1.165, 1.54) is 20.3 Å². The van der Waals surface area contributed by atoms with Crippen LogP contribution in [-0.4, -0.2) is 34.1 Å². The molecule has 0 amide bonds. The van der Waals surface area contributed by atoms with Crippen molar-refractivity contribution in [1.29, 1.82) is 0 Å². The van der Waals surface area contributed by atoms with Gasteiger partial charge in [0.25, 0.3) is 0 Å². The molecule has 7 heteroatoms. The molecular formula is C20H24F3NO3. The van der Waals surface area contributed by atoms with E-state index in [1.54, 1.807) is 13.2 Å². The number of para-hydroxylation sites is 1. The van der Waals surface area contributed by atoms with Crippen LogP contribution in [0.1, 0.15) is 16.7 Å². The molecule has 0 aliphatic carbocycles. The zero-order valence-electron chi connectivity index (χ0n) is 15.7. The lowest BCUT2D eigenvalue weighted by molar-refractivity contribution is -0.127. The molecule has 0 spiro atoms. The molecule has 0 atom stereocenters. The Morgan fingerprint density at radius 2 is 1.41 bits per heavy atom. The van der Waals surface area contributed by atoms with Gasteiger partial charge in [-0.15, -0.1) is 0 Å². The predicted octanol–water partition coefficient (Wildman–Crippen LogP) is 4.15. The first-order valence-corrected chi connectivity index (χ1v) is 8.51. The molecule has 2 rings (SSSR count). The first kappa shape index (κ1) is 20.9. The summed E-state index contributed by atoms with van der Waals surface area (Å²) in [5.74, 6) is 1.45. The number of ether oxygens (including phenoxy) is 3. The lowest BCUT2D eigenvalue weighted by atomic mass is 10.0. The van der Waals surface area contributed by atoms with Crippen molar-refractivity contribution in [2.45, 2.75) is 25.6 Å². The number of benzene rings is 2. The van der Waals surface area contributed by atoms with Crippen LogP contribution in [0.15, 0.2) is 36.4 Å². The van der Waals surface area contributed by atoms with Crippen molar-refractivity contribution in [2.24, 2.45) is 0 Å². The third-order valence-electron chi connectivity index (χ3n) is 4.15. The highest BCUT2D eigenvalue weighted by Gasteiger charge is 2.30. The highest BCUT2D eigenvalue weighted by Crippen LogP contribution is 2.33. The number of hydrogen-bond donors (Lipinski definition) is 1. The van der Waals surface area contributed by atoms with Gasteiger partial charge in [-0.3, -0.25) is 0 Å². The van der Waals surface area contributed by atoms with Gasteiger partial charge in [-0.25, -0.2) is 0 Å². The summed E-state index contributed by atoms with van der Waals surface area (Å²) in [7, 11) is 4.44. The SMILES string of the molecule is COc1cc(CC(F)(F)F)c(OC)cc1CCNCc1ccccc1OC. The summed E-state index contributed by atoms with van der Waals surface area (Å²) < 4.78 is 54.0. The molecule has 2 aromatic rings. The second-order valence-electron chi connectivity index (χ2n) is 6.01. The fourth-order valence-corrected chi connectivity index (χ4v) is 2.87. The van der Waals surface area contributed by atoms with Gasteiger partial charge in [0.1, 0.15) is 17.2 Å². The number of hydrogen-bond acceptors (Lipinski definition) is 4. The van der Waals surface area contributed by atoms with Crippen LogP contribution in [0.5, 0.6) is 17.2 Å². The van der Waals surface area contributed by atoms with E-state index in [-0.39, 0.29) is 11.3 Å². The summed E-state index contributed by atoms with van der Waals surface area (Å²) >= 11 is 0. The molecule has 1 N–H and O–H groups in total. The van der Waals surface area contributed by atoms with Crippen molar-refractivity contribution >= 4 is 0 Å². The van der Waals surface area contributed by atoms with E-state index in [2.05, 4.69) is 5.32 Å². The highest BCUT2D eigenvalue weighted by atomic mass is 19.4. The second kappa shape index (κ2) is 9.50. The van der Waals surface area contributed by atoms with Crippen molar-refractivity contribution < 1.29 is 27.4 Å². The van der Waals surface area contributed by atoms with Crippen LogP contribution in [-0.2, 0) is 19.4 Å². The number of alkyl halides is 3. The smallest absolute Gasteiger partial charge is 0.393 e. The van der Waals surface area contributed by atoms with Crippen molar-refractivity contribution in [3.05, 3.63) is 53.1 Å². The Morgan fingerprint density at radius 3 is 2.04 bits per heavy atom. The second-order valence-corrected chi connectivity index (χ2v) is 6.01. The number of methoxy groups -OCH3 is 3. The average molecular weight is 383 g/mol. The lowest BCUT2D eigenvalue weighted by Crippen LogP contribution is -2.18. The topological polar surface area (TPSA) is 39.7 Å². The van der Waals surface area contributed by atoms with E-state index in [0.717, 1.165) is 16.9 Å². The Balaban J connectivity index is 2.05. The van der Waals surface area contributed by atoms with Gasteiger partial charge >= 0.3 is 6.18 Å². The van der Waals surface area contributed by atoms with E-state index < -0.39 is 12.6 Å². The van der Waals surface area contributed by atoms with Crippen molar-refractivity contribution in [1.82, 2.24) is 5.32 Å².